The first-order valence-electron chi connectivity index (χ1n) is 6.54. The Morgan fingerprint density at radius 2 is 2.22 bits per heavy atom. The van der Waals surface area contributed by atoms with Crippen LogP contribution in [-0.4, -0.2) is 27.8 Å². The van der Waals surface area contributed by atoms with Crippen molar-refractivity contribution in [3.63, 3.8) is 0 Å². The minimum atomic E-state index is -0.190. The molecule has 5 nitrogen and oxygen atoms in total. The van der Waals surface area contributed by atoms with E-state index in [9.17, 15) is 4.79 Å². The third-order valence-electron chi connectivity index (χ3n) is 2.87. The summed E-state index contributed by atoms with van der Waals surface area (Å²) in [5.41, 5.74) is 1.08. The van der Waals surface area contributed by atoms with Crippen molar-refractivity contribution in [3.8, 4) is 0 Å². The topological polar surface area (TPSA) is 59.0 Å². The van der Waals surface area contributed by atoms with Crippen LogP contribution in [0.1, 0.15) is 39.2 Å². The third-order valence-corrected chi connectivity index (χ3v) is 2.87. The van der Waals surface area contributed by atoms with Crippen molar-refractivity contribution in [1.82, 2.24) is 20.4 Å². The predicted octanol–water partition coefficient (Wildman–Crippen LogP) is 1.20. The molecule has 1 amide bonds. The average Bonchev–Trinajstić information content (AvgIpc) is 2.72. The summed E-state index contributed by atoms with van der Waals surface area (Å²) in [7, 11) is 1.88. The lowest BCUT2D eigenvalue weighted by atomic mass is 10.2. The molecular formula is C13H24N4O. The second-order valence-corrected chi connectivity index (χ2v) is 4.82. The van der Waals surface area contributed by atoms with Crippen LogP contribution in [0.4, 0.5) is 0 Å². The van der Waals surface area contributed by atoms with Gasteiger partial charge in [-0.1, -0.05) is 13.3 Å². The standard InChI is InChI=1S/C13H24N4O/c1-5-6-10(2)16-13(18)11(3)14-7-12-8-15-17(4)9-12/h8-11,14H,5-7H2,1-4H3,(H,16,18). The fourth-order valence-corrected chi connectivity index (χ4v) is 1.80. The second kappa shape index (κ2) is 7.16. The summed E-state index contributed by atoms with van der Waals surface area (Å²) in [6.07, 6.45) is 5.84. The highest BCUT2D eigenvalue weighted by molar-refractivity contribution is 5.81. The fraction of sp³-hybridized carbons (Fsp3) is 0.692. The molecule has 0 aliphatic rings. The van der Waals surface area contributed by atoms with Crippen LogP contribution in [0.15, 0.2) is 12.4 Å². The number of carbonyl (C=O) groups excluding carboxylic acids is 1. The maximum atomic E-state index is 11.9. The second-order valence-electron chi connectivity index (χ2n) is 4.82. The lowest BCUT2D eigenvalue weighted by molar-refractivity contribution is -0.123. The maximum Gasteiger partial charge on any atom is 0.237 e. The van der Waals surface area contributed by atoms with E-state index in [1.807, 2.05) is 27.1 Å². The number of amides is 1. The van der Waals surface area contributed by atoms with Gasteiger partial charge >= 0.3 is 0 Å². The fourth-order valence-electron chi connectivity index (χ4n) is 1.80. The van der Waals surface area contributed by atoms with Crippen molar-refractivity contribution in [3.05, 3.63) is 18.0 Å². The van der Waals surface area contributed by atoms with Crippen LogP contribution in [0.2, 0.25) is 0 Å². The molecule has 1 aromatic rings. The number of nitrogens with one attached hydrogen (secondary N) is 2. The van der Waals surface area contributed by atoms with Gasteiger partial charge in [-0.2, -0.15) is 5.10 Å². The van der Waals surface area contributed by atoms with E-state index in [0.29, 0.717) is 6.54 Å². The van der Waals surface area contributed by atoms with Gasteiger partial charge in [0.25, 0.3) is 0 Å². The van der Waals surface area contributed by atoms with Crippen molar-refractivity contribution < 1.29 is 4.79 Å². The summed E-state index contributed by atoms with van der Waals surface area (Å²) >= 11 is 0. The summed E-state index contributed by atoms with van der Waals surface area (Å²) in [5, 5.41) is 10.3. The van der Waals surface area contributed by atoms with Crippen molar-refractivity contribution in [2.75, 3.05) is 0 Å². The van der Waals surface area contributed by atoms with Gasteiger partial charge in [0.1, 0.15) is 0 Å². The zero-order valence-corrected chi connectivity index (χ0v) is 11.7. The van der Waals surface area contributed by atoms with Gasteiger partial charge in [-0.15, -0.1) is 0 Å². The Morgan fingerprint density at radius 1 is 1.50 bits per heavy atom. The molecule has 0 aliphatic heterocycles. The van der Waals surface area contributed by atoms with Crippen LogP contribution >= 0.6 is 0 Å². The van der Waals surface area contributed by atoms with Gasteiger partial charge in [-0.25, -0.2) is 0 Å². The molecule has 0 fully saturated rings. The molecule has 0 saturated carbocycles. The van der Waals surface area contributed by atoms with E-state index in [4.69, 9.17) is 0 Å². The normalized spacial score (nSPS) is 14.2. The summed E-state index contributed by atoms with van der Waals surface area (Å²) in [6, 6.07) is 0.0506. The molecule has 0 spiro atoms. The van der Waals surface area contributed by atoms with Crippen LogP contribution < -0.4 is 10.6 Å². The van der Waals surface area contributed by atoms with E-state index in [-0.39, 0.29) is 18.0 Å². The monoisotopic (exact) mass is 252 g/mol. The van der Waals surface area contributed by atoms with Gasteiger partial charge in [0.05, 0.1) is 12.2 Å². The number of nitrogens with zero attached hydrogens (tertiary/aromatic N) is 2. The van der Waals surface area contributed by atoms with Crippen molar-refractivity contribution in [1.29, 1.82) is 0 Å². The van der Waals surface area contributed by atoms with Crippen molar-refractivity contribution >= 4 is 5.91 Å². The quantitative estimate of drug-likeness (QED) is 0.766. The lowest BCUT2D eigenvalue weighted by Crippen LogP contribution is -2.45. The van der Waals surface area contributed by atoms with Gasteiger partial charge in [0.2, 0.25) is 5.91 Å². The molecule has 5 heteroatoms. The van der Waals surface area contributed by atoms with Gasteiger partial charge in [-0.05, 0) is 20.3 Å². The van der Waals surface area contributed by atoms with Gasteiger partial charge in [-0.3, -0.25) is 9.48 Å². The van der Waals surface area contributed by atoms with Crippen LogP contribution in [-0.2, 0) is 18.4 Å². The molecule has 1 heterocycles. The lowest BCUT2D eigenvalue weighted by Gasteiger charge is -2.17. The Hall–Kier alpha value is -1.36. The van der Waals surface area contributed by atoms with E-state index >= 15 is 0 Å². The Labute approximate surface area is 109 Å². The molecule has 0 radical (unpaired) electrons. The van der Waals surface area contributed by atoms with Crippen LogP contribution in [0.5, 0.6) is 0 Å². The summed E-state index contributed by atoms with van der Waals surface area (Å²) in [4.78, 5) is 11.9. The van der Waals surface area contributed by atoms with Crippen molar-refractivity contribution in [2.24, 2.45) is 7.05 Å². The predicted molar refractivity (Wildman–Crippen MR) is 72.0 cm³/mol. The highest BCUT2D eigenvalue weighted by Gasteiger charge is 2.14. The molecule has 1 aromatic heterocycles. The summed E-state index contributed by atoms with van der Waals surface area (Å²) in [5.74, 6) is 0.0554. The SMILES string of the molecule is CCCC(C)NC(=O)C(C)NCc1cnn(C)c1. The maximum absolute atomic E-state index is 11.9. The molecule has 2 N–H and O–H groups in total. The molecule has 0 aromatic carbocycles. The molecule has 0 bridgehead atoms. The number of aryl methyl sites for hydroxylation is 1. The number of carbonyl (C=O) groups is 1. The first kappa shape index (κ1) is 14.7. The Balaban J connectivity index is 2.31. The van der Waals surface area contributed by atoms with E-state index in [2.05, 4.69) is 22.7 Å². The van der Waals surface area contributed by atoms with E-state index < -0.39 is 0 Å². The minimum absolute atomic E-state index is 0.0554. The Bertz CT molecular complexity index is 375. The molecule has 0 aliphatic carbocycles. The first-order valence-corrected chi connectivity index (χ1v) is 6.54. The molecule has 0 saturated heterocycles. The number of aromatic nitrogens is 2. The number of hydrogen-bond acceptors (Lipinski definition) is 3. The first-order chi connectivity index (χ1) is 8.52. The van der Waals surface area contributed by atoms with Crippen molar-refractivity contribution in [2.45, 2.75) is 52.2 Å². The van der Waals surface area contributed by atoms with Crippen LogP contribution in [0.25, 0.3) is 0 Å². The van der Waals surface area contributed by atoms with E-state index in [0.717, 1.165) is 18.4 Å². The zero-order chi connectivity index (χ0) is 13.5. The highest BCUT2D eigenvalue weighted by Crippen LogP contribution is 1.98. The average molecular weight is 252 g/mol. The Kier molecular flexibility index (Phi) is 5.85. The van der Waals surface area contributed by atoms with Gasteiger partial charge in [0, 0.05) is 31.4 Å². The molecule has 2 unspecified atom stereocenters. The van der Waals surface area contributed by atoms with Gasteiger partial charge in [0.15, 0.2) is 0 Å². The summed E-state index contributed by atoms with van der Waals surface area (Å²) < 4.78 is 1.76. The zero-order valence-electron chi connectivity index (χ0n) is 11.7. The third kappa shape index (κ3) is 4.87. The number of hydrogen-bond donors (Lipinski definition) is 2. The highest BCUT2D eigenvalue weighted by atomic mass is 16.2. The van der Waals surface area contributed by atoms with Crippen LogP contribution in [0, 0.1) is 0 Å². The van der Waals surface area contributed by atoms with E-state index in [1.165, 1.54) is 0 Å². The van der Waals surface area contributed by atoms with E-state index in [1.54, 1.807) is 10.9 Å². The largest absolute Gasteiger partial charge is 0.352 e. The molecule has 102 valence electrons. The van der Waals surface area contributed by atoms with Gasteiger partial charge < -0.3 is 10.6 Å². The molecule has 1 rings (SSSR count). The molecular weight excluding hydrogens is 228 g/mol. The smallest absolute Gasteiger partial charge is 0.237 e. The Morgan fingerprint density at radius 3 is 2.78 bits per heavy atom. The minimum Gasteiger partial charge on any atom is -0.352 e. The molecule has 2 atom stereocenters. The number of rotatable bonds is 7. The summed E-state index contributed by atoms with van der Waals surface area (Å²) in [6.45, 7) is 6.69. The molecule has 18 heavy (non-hydrogen) atoms. The van der Waals surface area contributed by atoms with Crippen LogP contribution in [0.3, 0.4) is 0 Å².